The molecular formula is C63H118N2O7P+. The van der Waals surface area contributed by atoms with Crippen molar-refractivity contribution in [2.45, 2.75) is 290 Å². The van der Waals surface area contributed by atoms with Crippen molar-refractivity contribution in [3.05, 3.63) is 60.8 Å². The molecule has 3 unspecified atom stereocenters. The number of amides is 1. The molecule has 1 amide bonds. The third-order valence-corrected chi connectivity index (χ3v) is 14.4. The molecule has 9 nitrogen and oxygen atoms in total. The van der Waals surface area contributed by atoms with Crippen molar-refractivity contribution in [1.82, 2.24) is 5.32 Å². The van der Waals surface area contributed by atoms with Gasteiger partial charge in [-0.25, -0.2) is 4.57 Å². The number of esters is 1. The number of ether oxygens (including phenoxy) is 1. The minimum absolute atomic E-state index is 0.0364. The molecule has 0 aliphatic carbocycles. The molecule has 426 valence electrons. The van der Waals surface area contributed by atoms with Gasteiger partial charge >= 0.3 is 13.8 Å². The number of phosphoric acid groups is 1. The summed E-state index contributed by atoms with van der Waals surface area (Å²) < 4.78 is 30.7. The van der Waals surface area contributed by atoms with Gasteiger partial charge in [0.05, 0.1) is 33.8 Å². The lowest BCUT2D eigenvalue weighted by Crippen LogP contribution is -2.47. The van der Waals surface area contributed by atoms with Gasteiger partial charge in [-0.3, -0.25) is 18.6 Å². The molecule has 0 aliphatic rings. The third kappa shape index (κ3) is 54.3. The molecule has 0 bridgehead atoms. The average Bonchev–Trinajstić information content (AvgIpc) is 3.35. The summed E-state index contributed by atoms with van der Waals surface area (Å²) in [5, 5.41) is 3.05. The molecule has 2 N–H and O–H groups in total. The molecular weight excluding hydrogens is 928 g/mol. The first-order chi connectivity index (χ1) is 35.4. The van der Waals surface area contributed by atoms with Crippen LogP contribution in [0.4, 0.5) is 0 Å². The highest BCUT2D eigenvalue weighted by Gasteiger charge is 2.30. The van der Waals surface area contributed by atoms with Gasteiger partial charge in [-0.2, -0.15) is 0 Å². The van der Waals surface area contributed by atoms with Gasteiger partial charge in [-0.15, -0.1) is 0 Å². The van der Waals surface area contributed by atoms with E-state index >= 15 is 0 Å². The molecule has 0 aromatic carbocycles. The van der Waals surface area contributed by atoms with E-state index in [2.05, 4.69) is 74.7 Å². The zero-order valence-electron chi connectivity index (χ0n) is 48.6. The number of hydrogen-bond donors (Lipinski definition) is 2. The fourth-order valence-electron chi connectivity index (χ4n) is 8.67. The molecule has 0 aromatic rings. The number of likely N-dealkylation sites (N-methyl/N-ethyl adjacent to an activating group) is 1. The van der Waals surface area contributed by atoms with Crippen molar-refractivity contribution < 1.29 is 37.3 Å². The van der Waals surface area contributed by atoms with Crippen LogP contribution in [0.1, 0.15) is 278 Å². The van der Waals surface area contributed by atoms with E-state index in [1.54, 1.807) is 0 Å². The van der Waals surface area contributed by atoms with Crippen molar-refractivity contribution in [2.75, 3.05) is 40.9 Å². The summed E-state index contributed by atoms with van der Waals surface area (Å²) in [6.07, 6.45) is 66.3. The summed E-state index contributed by atoms with van der Waals surface area (Å²) in [7, 11) is 1.49. The van der Waals surface area contributed by atoms with Gasteiger partial charge in [0, 0.05) is 12.8 Å². The highest BCUT2D eigenvalue weighted by atomic mass is 31.2. The summed E-state index contributed by atoms with van der Waals surface area (Å²) in [6.45, 7) is 6.96. The van der Waals surface area contributed by atoms with Crippen LogP contribution in [-0.4, -0.2) is 74.3 Å². The molecule has 0 fully saturated rings. The van der Waals surface area contributed by atoms with Crippen molar-refractivity contribution in [3.8, 4) is 0 Å². The van der Waals surface area contributed by atoms with Gasteiger partial charge in [0.25, 0.3) is 0 Å². The lowest BCUT2D eigenvalue weighted by molar-refractivity contribution is -0.870. The molecule has 10 heteroatoms. The van der Waals surface area contributed by atoms with E-state index in [4.69, 9.17) is 13.8 Å². The lowest BCUT2D eigenvalue weighted by atomic mass is 10.0. The largest absolute Gasteiger partial charge is 0.472 e. The molecule has 0 spiro atoms. The number of phosphoric ester groups is 1. The quantitative estimate of drug-likeness (QED) is 0.0156. The Balaban J connectivity index is 5.31. The summed E-state index contributed by atoms with van der Waals surface area (Å²) in [6, 6.07) is -0.856. The molecule has 3 atom stereocenters. The normalized spacial score (nSPS) is 14.1. The number of nitrogens with zero attached hydrogens (tertiary/aromatic N) is 1. The van der Waals surface area contributed by atoms with Gasteiger partial charge < -0.3 is 19.4 Å². The number of rotatable bonds is 55. The predicted molar refractivity (Wildman–Crippen MR) is 314 cm³/mol. The van der Waals surface area contributed by atoms with Crippen LogP contribution >= 0.6 is 7.82 Å². The maximum atomic E-state index is 13.5. The predicted octanol–water partition coefficient (Wildman–Crippen LogP) is 18.7. The van der Waals surface area contributed by atoms with E-state index in [1.807, 2.05) is 33.3 Å². The Morgan fingerprint density at radius 1 is 0.493 bits per heavy atom. The number of carbonyl (C=O) groups is 2. The van der Waals surface area contributed by atoms with E-state index in [1.165, 1.54) is 161 Å². The van der Waals surface area contributed by atoms with Crippen molar-refractivity contribution in [3.63, 3.8) is 0 Å². The van der Waals surface area contributed by atoms with E-state index in [9.17, 15) is 19.0 Å². The van der Waals surface area contributed by atoms with Gasteiger partial charge in [0.1, 0.15) is 19.3 Å². The van der Waals surface area contributed by atoms with Crippen LogP contribution in [0, 0.1) is 0 Å². The maximum absolute atomic E-state index is 13.5. The number of unbranched alkanes of at least 4 members (excludes halogenated alkanes) is 32. The van der Waals surface area contributed by atoms with E-state index in [-0.39, 0.29) is 31.5 Å². The number of quaternary nitrogens is 1. The smallest absolute Gasteiger partial charge is 0.456 e. The van der Waals surface area contributed by atoms with E-state index in [0.717, 1.165) is 83.5 Å². The van der Waals surface area contributed by atoms with Crippen molar-refractivity contribution in [1.29, 1.82) is 0 Å². The second-order valence-corrected chi connectivity index (χ2v) is 23.4. The minimum atomic E-state index is -4.45. The van der Waals surface area contributed by atoms with Crippen LogP contribution in [-0.2, 0) is 27.9 Å². The van der Waals surface area contributed by atoms with E-state index < -0.39 is 20.0 Å². The lowest BCUT2D eigenvalue weighted by Gasteiger charge is -2.27. The summed E-state index contributed by atoms with van der Waals surface area (Å²) in [4.78, 5) is 37.7. The first-order valence-corrected chi connectivity index (χ1v) is 32.1. The summed E-state index contributed by atoms with van der Waals surface area (Å²) >= 11 is 0. The van der Waals surface area contributed by atoms with Gasteiger partial charge in [-0.05, 0) is 89.5 Å². The molecule has 0 saturated heterocycles. The van der Waals surface area contributed by atoms with Gasteiger partial charge in [0.2, 0.25) is 5.91 Å². The Morgan fingerprint density at radius 3 is 1.34 bits per heavy atom. The monoisotopic (exact) mass is 1050 g/mol. The Bertz CT molecular complexity index is 1440. The van der Waals surface area contributed by atoms with Crippen LogP contribution in [0.3, 0.4) is 0 Å². The van der Waals surface area contributed by atoms with Crippen molar-refractivity contribution in [2.24, 2.45) is 0 Å². The van der Waals surface area contributed by atoms with Gasteiger partial charge in [-0.1, -0.05) is 236 Å². The van der Waals surface area contributed by atoms with Crippen LogP contribution < -0.4 is 5.32 Å². The van der Waals surface area contributed by atoms with Crippen LogP contribution in [0.25, 0.3) is 0 Å². The summed E-state index contributed by atoms with van der Waals surface area (Å²) in [5.74, 6) is -0.519. The number of allylic oxidation sites excluding steroid dienone is 9. The second kappa shape index (κ2) is 53.1. The Labute approximate surface area is 451 Å². The molecule has 0 heterocycles. The van der Waals surface area contributed by atoms with Gasteiger partial charge in [0.15, 0.2) is 0 Å². The van der Waals surface area contributed by atoms with Crippen LogP contribution in [0.15, 0.2) is 60.8 Å². The SMILES string of the molecule is CCCCC/C=C\C/C=C\CCCCCCCCCCCC(=O)NC(COP(=O)(O)OCC[N+](C)(C)C)C(/C=C\CCCCCCCCCCCCC)OC(=O)CCCCCCCC/C=C/C=C/CCCCC. The minimum Gasteiger partial charge on any atom is -0.456 e. The molecule has 0 saturated carbocycles. The first kappa shape index (κ1) is 70.7. The standard InChI is InChI=1S/C63H117N2O7P/c1-7-10-13-16-19-22-25-28-30-31-32-33-35-37-40-43-46-49-52-55-62(66)64-60(59-71-73(68,69)70-58-57-65(4,5)6)61(54-51-48-45-42-39-36-27-24-21-18-15-12-9-3)72-63(67)56-53-50-47-44-41-38-34-29-26-23-20-17-14-11-8-2/h19-20,22-23,26,28-30,51,54,60-61H,7-18,21,24-25,27,31-50,52-53,55-59H2,1-6H3,(H-,64,66,68,69)/p+1/b22-19-,23-20+,29-26+,30-28-,54-51-. The number of carbonyl (C=O) groups excluding carboxylic acids is 2. The van der Waals surface area contributed by atoms with Crippen LogP contribution in [0.5, 0.6) is 0 Å². The summed E-state index contributed by atoms with van der Waals surface area (Å²) in [5.41, 5.74) is 0. The molecule has 73 heavy (non-hydrogen) atoms. The molecule has 0 aliphatic heterocycles. The third-order valence-electron chi connectivity index (χ3n) is 13.5. The van der Waals surface area contributed by atoms with Crippen LogP contribution in [0.2, 0.25) is 0 Å². The van der Waals surface area contributed by atoms with Crippen molar-refractivity contribution >= 4 is 19.7 Å². The highest BCUT2D eigenvalue weighted by Crippen LogP contribution is 2.43. The Kier molecular flexibility index (Phi) is 51.5. The highest BCUT2D eigenvalue weighted by molar-refractivity contribution is 7.47. The molecule has 0 rings (SSSR count). The Morgan fingerprint density at radius 2 is 0.877 bits per heavy atom. The maximum Gasteiger partial charge on any atom is 0.472 e. The average molecular weight is 1050 g/mol. The topological polar surface area (TPSA) is 111 Å². The fraction of sp³-hybridized carbons (Fsp3) is 0.810. The zero-order chi connectivity index (χ0) is 53.6. The molecule has 0 aromatic heterocycles. The Hall–Kier alpha value is -2.29. The second-order valence-electron chi connectivity index (χ2n) is 21.9. The number of hydrogen-bond acceptors (Lipinski definition) is 6. The zero-order valence-corrected chi connectivity index (χ0v) is 49.5. The number of nitrogens with one attached hydrogen (secondary N) is 1. The van der Waals surface area contributed by atoms with E-state index in [0.29, 0.717) is 17.4 Å². The molecule has 0 radical (unpaired) electrons. The fourth-order valence-corrected chi connectivity index (χ4v) is 9.40. The first-order valence-electron chi connectivity index (χ1n) is 30.6.